The average Bonchev–Trinajstić information content (AvgIpc) is 3.77. The van der Waals surface area contributed by atoms with E-state index in [0.717, 1.165) is 39.7 Å². The molecule has 4 aromatic heterocycles. The predicted molar refractivity (Wildman–Crippen MR) is 169 cm³/mol. The largest absolute Gasteiger partial charge is 0.490 e. The van der Waals surface area contributed by atoms with Crippen LogP contribution in [0.2, 0.25) is 0 Å². The van der Waals surface area contributed by atoms with E-state index in [1.165, 1.54) is 17.4 Å². The molecular formula is C33H28F2N6O3S. The Bertz CT molecular complexity index is 2130. The number of amides is 1. The van der Waals surface area contributed by atoms with E-state index < -0.39 is 11.6 Å². The molecule has 0 aliphatic carbocycles. The fraction of sp³-hybridized carbons (Fsp3) is 0.212. The van der Waals surface area contributed by atoms with Gasteiger partial charge in [-0.2, -0.15) is 10.2 Å². The van der Waals surface area contributed by atoms with Gasteiger partial charge in [0.15, 0.2) is 0 Å². The van der Waals surface area contributed by atoms with E-state index in [-0.39, 0.29) is 36.5 Å². The molecule has 6 aromatic rings. The van der Waals surface area contributed by atoms with Crippen LogP contribution in [0.1, 0.15) is 12.6 Å². The molecular weight excluding hydrogens is 598 g/mol. The van der Waals surface area contributed by atoms with Crippen molar-refractivity contribution in [2.24, 2.45) is 7.05 Å². The Balaban J connectivity index is 1.51. The van der Waals surface area contributed by atoms with Crippen molar-refractivity contribution in [3.63, 3.8) is 0 Å². The summed E-state index contributed by atoms with van der Waals surface area (Å²) in [6, 6.07) is 11.5. The van der Waals surface area contributed by atoms with Crippen LogP contribution in [-0.2, 0) is 24.9 Å². The van der Waals surface area contributed by atoms with Crippen molar-refractivity contribution in [2.45, 2.75) is 26.1 Å². The lowest BCUT2D eigenvalue weighted by Gasteiger charge is -2.33. The summed E-state index contributed by atoms with van der Waals surface area (Å²) in [6.07, 6.45) is 3.09. The van der Waals surface area contributed by atoms with Crippen LogP contribution in [0.5, 0.6) is 5.75 Å². The number of carbonyl (C=O) groups excluding carboxylic acids is 1. The van der Waals surface area contributed by atoms with E-state index in [1.807, 2.05) is 54.4 Å². The molecule has 45 heavy (non-hydrogen) atoms. The van der Waals surface area contributed by atoms with Crippen molar-refractivity contribution in [3.05, 3.63) is 84.0 Å². The lowest BCUT2D eigenvalue weighted by molar-refractivity contribution is -0.129. The first kappa shape index (κ1) is 28.8. The van der Waals surface area contributed by atoms with E-state index in [0.29, 0.717) is 40.4 Å². The second kappa shape index (κ2) is 11.2. The Hall–Kier alpha value is -4.94. The summed E-state index contributed by atoms with van der Waals surface area (Å²) >= 11 is 1.40. The van der Waals surface area contributed by atoms with E-state index in [1.54, 1.807) is 15.8 Å². The Kier molecular flexibility index (Phi) is 7.17. The first-order valence-electron chi connectivity index (χ1n) is 14.3. The van der Waals surface area contributed by atoms with Crippen LogP contribution in [0.15, 0.2) is 66.7 Å². The van der Waals surface area contributed by atoms with Gasteiger partial charge in [0.2, 0.25) is 5.91 Å². The zero-order valence-corrected chi connectivity index (χ0v) is 25.3. The molecule has 5 heterocycles. The normalized spacial score (nSPS) is 14.7. The van der Waals surface area contributed by atoms with Crippen LogP contribution in [0, 0.1) is 11.6 Å². The van der Waals surface area contributed by atoms with Gasteiger partial charge >= 0.3 is 0 Å². The SMILES string of the molecule is C=CC(=O)N1Cc2cc(-c3nc(-c4ccc5cnn(C)c5c4)c4ccsc4c3-c3c(F)cc(F)cc3OCCO)nn2CC1C. The number of pyridine rings is 1. The summed E-state index contributed by atoms with van der Waals surface area (Å²) in [7, 11) is 1.87. The molecule has 0 fully saturated rings. The lowest BCUT2D eigenvalue weighted by atomic mass is 9.96. The summed E-state index contributed by atoms with van der Waals surface area (Å²) in [4.78, 5) is 19.5. The number of ether oxygens (including phenoxy) is 1. The third kappa shape index (κ3) is 4.86. The van der Waals surface area contributed by atoms with Crippen molar-refractivity contribution in [1.82, 2.24) is 29.4 Å². The highest BCUT2D eigenvalue weighted by atomic mass is 32.1. The van der Waals surface area contributed by atoms with Crippen molar-refractivity contribution in [2.75, 3.05) is 13.2 Å². The number of aromatic nitrogens is 5. The molecule has 1 amide bonds. The zero-order valence-electron chi connectivity index (χ0n) is 24.5. The van der Waals surface area contributed by atoms with E-state index in [9.17, 15) is 14.3 Å². The fourth-order valence-corrected chi connectivity index (χ4v) is 6.91. The molecule has 1 N–H and O–H groups in total. The Labute approximate surface area is 260 Å². The number of hydrogen-bond acceptors (Lipinski definition) is 7. The summed E-state index contributed by atoms with van der Waals surface area (Å²) in [5, 5.41) is 22.4. The highest BCUT2D eigenvalue weighted by molar-refractivity contribution is 7.18. The van der Waals surface area contributed by atoms with Crippen molar-refractivity contribution >= 4 is 38.2 Å². The average molecular weight is 627 g/mol. The topological polar surface area (TPSA) is 98.3 Å². The van der Waals surface area contributed by atoms with Gasteiger partial charge in [0.25, 0.3) is 0 Å². The smallest absolute Gasteiger partial charge is 0.246 e. The maximum atomic E-state index is 15.9. The van der Waals surface area contributed by atoms with Gasteiger partial charge in [-0.25, -0.2) is 13.8 Å². The number of thiophene rings is 1. The minimum absolute atomic E-state index is 0.0243. The zero-order chi connectivity index (χ0) is 31.4. The first-order valence-corrected chi connectivity index (χ1v) is 15.2. The summed E-state index contributed by atoms with van der Waals surface area (Å²) < 4.78 is 40.5. The molecule has 2 aromatic carbocycles. The molecule has 1 atom stereocenters. The maximum Gasteiger partial charge on any atom is 0.246 e. The number of halogens is 2. The molecule has 0 bridgehead atoms. The second-order valence-electron chi connectivity index (χ2n) is 10.9. The van der Waals surface area contributed by atoms with E-state index in [4.69, 9.17) is 14.8 Å². The lowest BCUT2D eigenvalue weighted by Crippen LogP contribution is -2.44. The second-order valence-corrected chi connectivity index (χ2v) is 11.9. The molecule has 0 saturated heterocycles. The van der Waals surface area contributed by atoms with Crippen LogP contribution in [-0.4, -0.2) is 59.7 Å². The minimum atomic E-state index is -0.829. The van der Waals surface area contributed by atoms with Crippen LogP contribution in [0.4, 0.5) is 8.78 Å². The number of rotatable bonds is 7. The summed E-state index contributed by atoms with van der Waals surface area (Å²) in [5.74, 6) is -1.86. The van der Waals surface area contributed by atoms with Crippen molar-refractivity contribution in [3.8, 4) is 39.5 Å². The predicted octanol–water partition coefficient (Wildman–Crippen LogP) is 5.95. The molecule has 1 aliphatic heterocycles. The molecule has 0 radical (unpaired) electrons. The summed E-state index contributed by atoms with van der Waals surface area (Å²) in [6.45, 7) is 5.85. The van der Waals surface area contributed by atoms with E-state index in [2.05, 4.69) is 11.7 Å². The Morgan fingerprint density at radius 2 is 2.02 bits per heavy atom. The number of aliphatic hydroxyl groups excluding tert-OH is 1. The van der Waals surface area contributed by atoms with Gasteiger partial charge < -0.3 is 14.7 Å². The fourth-order valence-electron chi connectivity index (χ4n) is 5.96. The van der Waals surface area contributed by atoms with Gasteiger partial charge in [-0.1, -0.05) is 18.7 Å². The minimum Gasteiger partial charge on any atom is -0.490 e. The van der Waals surface area contributed by atoms with Crippen molar-refractivity contribution in [1.29, 1.82) is 0 Å². The number of nitrogens with zero attached hydrogens (tertiary/aromatic N) is 6. The first-order chi connectivity index (χ1) is 21.8. The van der Waals surface area contributed by atoms with Crippen LogP contribution >= 0.6 is 11.3 Å². The van der Waals surface area contributed by atoms with Gasteiger partial charge in [0.05, 0.1) is 48.4 Å². The van der Waals surface area contributed by atoms with Gasteiger partial charge in [0, 0.05) is 51.8 Å². The van der Waals surface area contributed by atoms with Gasteiger partial charge in [0.1, 0.15) is 35.4 Å². The Morgan fingerprint density at radius 1 is 1.18 bits per heavy atom. The third-order valence-corrected chi connectivity index (χ3v) is 9.05. The van der Waals surface area contributed by atoms with Crippen molar-refractivity contribution < 1.29 is 23.4 Å². The quantitative estimate of drug-likeness (QED) is 0.220. The Morgan fingerprint density at radius 3 is 2.82 bits per heavy atom. The molecule has 0 saturated carbocycles. The number of aliphatic hydroxyl groups is 1. The van der Waals surface area contributed by atoms with Gasteiger partial charge in [-0.15, -0.1) is 11.3 Å². The van der Waals surface area contributed by atoms with Crippen LogP contribution in [0.25, 0.3) is 54.8 Å². The number of benzene rings is 2. The number of carbonyl (C=O) groups is 1. The van der Waals surface area contributed by atoms with Gasteiger partial charge in [-0.3, -0.25) is 14.2 Å². The third-order valence-electron chi connectivity index (χ3n) is 8.11. The highest BCUT2D eigenvalue weighted by Gasteiger charge is 2.30. The van der Waals surface area contributed by atoms with Crippen LogP contribution < -0.4 is 4.74 Å². The molecule has 9 nitrogen and oxygen atoms in total. The molecule has 7 rings (SSSR count). The summed E-state index contributed by atoms with van der Waals surface area (Å²) in [5.41, 5.74) is 4.47. The van der Waals surface area contributed by atoms with E-state index >= 15 is 4.39 Å². The van der Waals surface area contributed by atoms with Gasteiger partial charge in [-0.05, 0) is 36.6 Å². The van der Waals surface area contributed by atoms with Crippen LogP contribution in [0.3, 0.4) is 0 Å². The molecule has 0 spiro atoms. The molecule has 12 heteroatoms. The number of hydrogen-bond donors (Lipinski definition) is 1. The standard InChI is InChI=1S/C33H28F2N6O3S/c1-4-28(43)40-17-22-14-25(38-41(22)16-18(40)2)32-30(29-24(35)12-21(34)13-27(29)44-9-8-42)33-23(7-10-45-33)31(37-32)19-5-6-20-15-36-39(3)26(20)11-19/h4-7,10-15,18,42H,1,8-9,16-17H2,2-3H3. The molecule has 1 unspecified atom stereocenters. The number of aryl methyl sites for hydroxylation is 1. The number of fused-ring (bicyclic) bond motifs is 3. The molecule has 1 aliphatic rings. The molecule has 228 valence electrons. The maximum absolute atomic E-state index is 15.9. The highest BCUT2D eigenvalue weighted by Crippen LogP contribution is 2.47. The monoisotopic (exact) mass is 626 g/mol.